The molecule has 0 heterocycles. The summed E-state index contributed by atoms with van der Waals surface area (Å²) < 4.78 is 37.7. The van der Waals surface area contributed by atoms with E-state index in [1.54, 1.807) is 0 Å². The van der Waals surface area contributed by atoms with Crippen molar-refractivity contribution in [2.45, 2.75) is 22.9 Å². The van der Waals surface area contributed by atoms with Crippen LogP contribution in [0.2, 0.25) is 0 Å². The molecule has 0 atom stereocenters. The number of oxime groups is 1. The fourth-order valence-corrected chi connectivity index (χ4v) is 2.88. The maximum absolute atomic E-state index is 12.6. The zero-order valence-corrected chi connectivity index (χ0v) is 12.8. The molecule has 2 aromatic rings. The Balaban J connectivity index is 2.26. The lowest BCUT2D eigenvalue weighted by Gasteiger charge is -2.10. The molecule has 0 saturated carbocycles. The minimum absolute atomic E-state index is 0.651. The van der Waals surface area contributed by atoms with E-state index in [0.717, 1.165) is 27.5 Å². The minimum Gasteiger partial charge on any atom is -0.399 e. The fourth-order valence-electron chi connectivity index (χ4n) is 1.88. The van der Waals surface area contributed by atoms with Gasteiger partial charge < -0.3 is 4.84 Å². The lowest BCUT2D eigenvalue weighted by Crippen LogP contribution is -2.04. The van der Waals surface area contributed by atoms with Gasteiger partial charge >= 0.3 is 6.18 Å². The Labute approximate surface area is 131 Å². The maximum Gasteiger partial charge on any atom is 0.416 e. The second-order valence-corrected chi connectivity index (χ2v) is 5.59. The average Bonchev–Trinajstić information content (AvgIpc) is 2.47. The summed E-state index contributed by atoms with van der Waals surface area (Å²) in [7, 11) is 1.47. The van der Waals surface area contributed by atoms with E-state index in [0.29, 0.717) is 5.71 Å². The number of benzene rings is 2. The van der Waals surface area contributed by atoms with E-state index in [2.05, 4.69) is 5.16 Å². The molecule has 116 valence electrons. The normalized spacial score (nSPS) is 12.3. The highest BCUT2D eigenvalue weighted by atomic mass is 32.2. The molecule has 0 spiro atoms. The molecule has 6 heteroatoms. The summed E-state index contributed by atoms with van der Waals surface area (Å²) in [5, 5.41) is 3.90. The van der Waals surface area contributed by atoms with E-state index in [9.17, 15) is 13.2 Å². The van der Waals surface area contributed by atoms with Crippen molar-refractivity contribution in [1.82, 2.24) is 0 Å². The lowest BCUT2D eigenvalue weighted by atomic mass is 10.1. The molecule has 0 N–H and O–H groups in total. The Morgan fingerprint density at radius 2 is 1.68 bits per heavy atom. The summed E-state index contributed by atoms with van der Waals surface area (Å²) in [6.07, 6.45) is -4.32. The van der Waals surface area contributed by atoms with Gasteiger partial charge in [0.15, 0.2) is 0 Å². The highest BCUT2D eigenvalue weighted by molar-refractivity contribution is 7.99. The average molecular weight is 325 g/mol. The first-order chi connectivity index (χ1) is 10.4. The molecular formula is C16H14F3NOS. The van der Waals surface area contributed by atoms with Gasteiger partial charge in [-0.1, -0.05) is 35.1 Å². The molecule has 0 aliphatic carbocycles. The summed E-state index contributed by atoms with van der Waals surface area (Å²) in [4.78, 5) is 6.40. The van der Waals surface area contributed by atoms with Gasteiger partial charge in [-0.05, 0) is 37.3 Å². The summed E-state index contributed by atoms with van der Waals surface area (Å²) in [5.74, 6) is 0. The van der Waals surface area contributed by atoms with Gasteiger partial charge in [0.05, 0.1) is 11.3 Å². The van der Waals surface area contributed by atoms with Crippen LogP contribution in [0.4, 0.5) is 13.2 Å². The first-order valence-electron chi connectivity index (χ1n) is 6.44. The van der Waals surface area contributed by atoms with E-state index in [1.807, 2.05) is 31.2 Å². The molecule has 2 rings (SSSR count). The lowest BCUT2D eigenvalue weighted by molar-refractivity contribution is -0.137. The third kappa shape index (κ3) is 4.04. The molecule has 0 fully saturated rings. The molecule has 0 radical (unpaired) electrons. The molecule has 0 aromatic heterocycles. The standard InChI is InChI=1S/C16H14F3NOS/c1-11(20-21-2)14-5-3-4-6-15(14)22-13-9-7-12(8-10-13)16(17,18)19/h3-10H,1-2H3/b20-11-. The summed E-state index contributed by atoms with van der Waals surface area (Å²) >= 11 is 1.38. The van der Waals surface area contributed by atoms with E-state index < -0.39 is 11.7 Å². The van der Waals surface area contributed by atoms with Gasteiger partial charge in [-0.2, -0.15) is 13.2 Å². The summed E-state index contributed by atoms with van der Waals surface area (Å²) in [5.41, 5.74) is 0.939. The van der Waals surface area contributed by atoms with Gasteiger partial charge in [0.1, 0.15) is 7.11 Å². The number of rotatable bonds is 4. The van der Waals surface area contributed by atoms with Crippen molar-refractivity contribution in [3.05, 3.63) is 59.7 Å². The zero-order valence-electron chi connectivity index (χ0n) is 12.0. The fraction of sp³-hybridized carbons (Fsp3) is 0.188. The number of nitrogens with zero attached hydrogens (tertiary/aromatic N) is 1. The van der Waals surface area contributed by atoms with Crippen LogP contribution in [0.1, 0.15) is 18.1 Å². The van der Waals surface area contributed by atoms with Gasteiger partial charge in [0.25, 0.3) is 0 Å². The molecule has 0 amide bonds. The van der Waals surface area contributed by atoms with Crippen LogP contribution in [0.25, 0.3) is 0 Å². The maximum atomic E-state index is 12.6. The molecular weight excluding hydrogens is 311 g/mol. The Morgan fingerprint density at radius 1 is 1.05 bits per heavy atom. The highest BCUT2D eigenvalue weighted by Crippen LogP contribution is 2.34. The number of halogens is 3. The van der Waals surface area contributed by atoms with E-state index in [1.165, 1.54) is 31.0 Å². The van der Waals surface area contributed by atoms with Crippen LogP contribution in [0.3, 0.4) is 0 Å². The zero-order chi connectivity index (χ0) is 16.2. The summed E-state index contributed by atoms with van der Waals surface area (Å²) in [6, 6.07) is 12.6. The predicted octanol–water partition coefficient (Wildman–Crippen LogP) is 5.23. The second kappa shape index (κ2) is 6.87. The van der Waals surface area contributed by atoms with Crippen LogP contribution in [0, 0.1) is 0 Å². The smallest absolute Gasteiger partial charge is 0.399 e. The molecule has 0 aliphatic heterocycles. The third-order valence-electron chi connectivity index (χ3n) is 2.91. The number of alkyl halides is 3. The van der Waals surface area contributed by atoms with Crippen LogP contribution < -0.4 is 0 Å². The first-order valence-corrected chi connectivity index (χ1v) is 7.25. The van der Waals surface area contributed by atoms with E-state index in [4.69, 9.17) is 4.84 Å². The number of hydrogen-bond donors (Lipinski definition) is 0. The Morgan fingerprint density at radius 3 is 2.27 bits per heavy atom. The van der Waals surface area contributed by atoms with E-state index >= 15 is 0 Å². The Kier molecular flexibility index (Phi) is 5.13. The SMILES string of the molecule is CO/N=C(/C)c1ccccc1Sc1ccc(C(F)(F)F)cc1. The van der Waals surface area contributed by atoms with Crippen molar-refractivity contribution in [1.29, 1.82) is 0 Å². The van der Waals surface area contributed by atoms with Crippen molar-refractivity contribution < 1.29 is 18.0 Å². The second-order valence-electron chi connectivity index (χ2n) is 4.48. The summed E-state index contributed by atoms with van der Waals surface area (Å²) in [6.45, 7) is 1.82. The van der Waals surface area contributed by atoms with Crippen molar-refractivity contribution in [3.8, 4) is 0 Å². The van der Waals surface area contributed by atoms with Gasteiger partial charge in [0.2, 0.25) is 0 Å². The predicted molar refractivity (Wildman–Crippen MR) is 81.2 cm³/mol. The van der Waals surface area contributed by atoms with E-state index in [-0.39, 0.29) is 0 Å². The largest absolute Gasteiger partial charge is 0.416 e. The van der Waals surface area contributed by atoms with Crippen LogP contribution >= 0.6 is 11.8 Å². The van der Waals surface area contributed by atoms with Gasteiger partial charge in [-0.25, -0.2) is 0 Å². The molecule has 2 nitrogen and oxygen atoms in total. The first kappa shape index (κ1) is 16.4. The van der Waals surface area contributed by atoms with Crippen molar-refractivity contribution in [2.75, 3.05) is 7.11 Å². The Hall–Kier alpha value is -1.95. The monoisotopic (exact) mass is 325 g/mol. The van der Waals surface area contributed by atoms with Crippen molar-refractivity contribution >= 4 is 17.5 Å². The molecule has 0 unspecified atom stereocenters. The molecule has 0 aliphatic rings. The van der Waals surface area contributed by atoms with Crippen molar-refractivity contribution in [3.63, 3.8) is 0 Å². The van der Waals surface area contributed by atoms with Crippen LogP contribution in [-0.4, -0.2) is 12.8 Å². The quantitative estimate of drug-likeness (QED) is 0.567. The molecule has 22 heavy (non-hydrogen) atoms. The topological polar surface area (TPSA) is 21.6 Å². The highest BCUT2D eigenvalue weighted by Gasteiger charge is 2.29. The molecule has 2 aromatic carbocycles. The van der Waals surface area contributed by atoms with Gasteiger partial charge in [0, 0.05) is 15.4 Å². The minimum atomic E-state index is -4.32. The van der Waals surface area contributed by atoms with Crippen LogP contribution in [0.15, 0.2) is 63.5 Å². The van der Waals surface area contributed by atoms with Crippen LogP contribution in [-0.2, 0) is 11.0 Å². The van der Waals surface area contributed by atoms with Gasteiger partial charge in [-0.3, -0.25) is 0 Å². The van der Waals surface area contributed by atoms with Gasteiger partial charge in [-0.15, -0.1) is 0 Å². The molecule has 0 bridgehead atoms. The van der Waals surface area contributed by atoms with Crippen LogP contribution in [0.5, 0.6) is 0 Å². The molecule has 0 saturated heterocycles. The number of hydrogen-bond acceptors (Lipinski definition) is 3. The third-order valence-corrected chi connectivity index (χ3v) is 4.00. The Bertz CT molecular complexity index is 666. The van der Waals surface area contributed by atoms with Crippen molar-refractivity contribution in [2.24, 2.45) is 5.16 Å².